The number of nitrogens with zero attached hydrogens (tertiary/aromatic N) is 4. The lowest BCUT2D eigenvalue weighted by molar-refractivity contribution is -0.111. The number of carbonyl (C=O) groups excluding carboxylic acids is 1. The minimum Gasteiger partial charge on any atom is -0.370 e. The molecule has 0 spiro atoms. The van der Waals surface area contributed by atoms with Gasteiger partial charge < -0.3 is 21.2 Å². The lowest BCUT2D eigenvalue weighted by Gasteiger charge is -2.25. The first kappa shape index (κ1) is 22.1. The summed E-state index contributed by atoms with van der Waals surface area (Å²) in [5.41, 5.74) is 13.5. The molecule has 0 fully saturated rings. The van der Waals surface area contributed by atoms with E-state index in [2.05, 4.69) is 10.4 Å². The molecule has 0 radical (unpaired) electrons. The largest absolute Gasteiger partial charge is 0.370 e. The first-order valence-electron chi connectivity index (χ1n) is 6.92. The number of guanidine groups is 1. The van der Waals surface area contributed by atoms with E-state index in [1.165, 1.54) is 0 Å². The van der Waals surface area contributed by atoms with E-state index < -0.39 is 0 Å². The highest BCUT2D eigenvalue weighted by molar-refractivity contribution is 5.75. The van der Waals surface area contributed by atoms with Gasteiger partial charge in [0.1, 0.15) is 6.29 Å². The summed E-state index contributed by atoms with van der Waals surface area (Å²) in [6, 6.07) is -0.200. The van der Waals surface area contributed by atoms with Crippen molar-refractivity contribution < 1.29 is 4.79 Å². The number of hydrazine groups is 1. The van der Waals surface area contributed by atoms with Crippen molar-refractivity contribution in [3.05, 3.63) is 0 Å². The summed E-state index contributed by atoms with van der Waals surface area (Å²) in [6.07, 6.45) is 2.38. The van der Waals surface area contributed by atoms with E-state index in [-0.39, 0.29) is 12.0 Å². The molecule has 0 heterocycles. The second-order valence-electron chi connectivity index (χ2n) is 5.58. The van der Waals surface area contributed by atoms with Crippen molar-refractivity contribution >= 4 is 12.2 Å². The van der Waals surface area contributed by atoms with Gasteiger partial charge in [-0.2, -0.15) is 0 Å². The predicted molar refractivity (Wildman–Crippen MR) is 88.8 cm³/mol. The second-order valence-corrected chi connectivity index (χ2v) is 5.58. The first-order chi connectivity index (χ1) is 9.68. The summed E-state index contributed by atoms with van der Waals surface area (Å²) < 4.78 is 0. The SMILES string of the molecule is CN(C)C.CN(C)CN(C)N[C@H](C=O)CCCN=C(N)N. The van der Waals surface area contributed by atoms with E-state index in [0.29, 0.717) is 13.0 Å². The van der Waals surface area contributed by atoms with Gasteiger partial charge in [-0.3, -0.25) is 9.89 Å². The maximum absolute atomic E-state index is 10.9. The number of nitrogens with two attached hydrogens (primary N) is 2. The Bertz CT molecular complexity index is 275. The van der Waals surface area contributed by atoms with Gasteiger partial charge in [-0.25, -0.2) is 10.4 Å². The lowest BCUT2D eigenvalue weighted by atomic mass is 10.2. The summed E-state index contributed by atoms with van der Waals surface area (Å²) in [4.78, 5) is 18.7. The second kappa shape index (κ2) is 13.7. The molecule has 8 heteroatoms. The van der Waals surface area contributed by atoms with Gasteiger partial charge in [-0.05, 0) is 48.1 Å². The normalized spacial score (nSPS) is 12.0. The number of carbonyl (C=O) groups is 1. The fourth-order valence-corrected chi connectivity index (χ4v) is 1.43. The topological polar surface area (TPSA) is 103 Å². The lowest BCUT2D eigenvalue weighted by Crippen LogP contribution is -2.46. The monoisotopic (exact) mass is 303 g/mol. The zero-order valence-corrected chi connectivity index (χ0v) is 14.3. The molecule has 0 bridgehead atoms. The molecule has 21 heavy (non-hydrogen) atoms. The fourth-order valence-electron chi connectivity index (χ4n) is 1.43. The van der Waals surface area contributed by atoms with Crippen LogP contribution in [-0.4, -0.2) is 88.6 Å². The standard InChI is InChI=1S/C10H24N6O.C3H9N/c1-15(2)8-16(3)14-9(7-17)5-4-6-13-10(11)12;1-4(2)3/h7,9,14H,4-6,8H2,1-3H3,(H4,11,12,13);1-3H3/t9-;/m0./s1. The predicted octanol–water partition coefficient (Wildman–Crippen LogP) is -1.26. The van der Waals surface area contributed by atoms with Gasteiger partial charge in [-0.1, -0.05) is 0 Å². The molecule has 0 saturated carbocycles. The third-order valence-corrected chi connectivity index (χ3v) is 2.01. The van der Waals surface area contributed by atoms with Crippen molar-refractivity contribution in [3.8, 4) is 0 Å². The Kier molecular flexibility index (Phi) is 14.4. The number of hydrogen-bond donors (Lipinski definition) is 3. The Morgan fingerprint density at radius 1 is 1.19 bits per heavy atom. The summed E-state index contributed by atoms with van der Waals surface area (Å²) in [5, 5.41) is 1.87. The molecule has 0 aromatic rings. The number of aliphatic imine (C=N–C) groups is 1. The molecular weight excluding hydrogens is 270 g/mol. The van der Waals surface area contributed by atoms with Crippen LogP contribution in [0.15, 0.2) is 4.99 Å². The van der Waals surface area contributed by atoms with Gasteiger partial charge in [0.15, 0.2) is 5.96 Å². The zero-order chi connectivity index (χ0) is 16.8. The summed E-state index contributed by atoms with van der Waals surface area (Å²) in [6.45, 7) is 1.28. The van der Waals surface area contributed by atoms with Crippen LogP contribution in [0.2, 0.25) is 0 Å². The van der Waals surface area contributed by atoms with Crippen molar-refractivity contribution in [1.82, 2.24) is 20.2 Å². The Morgan fingerprint density at radius 2 is 1.71 bits per heavy atom. The van der Waals surface area contributed by atoms with E-state index in [1.807, 2.05) is 57.1 Å². The van der Waals surface area contributed by atoms with Crippen molar-refractivity contribution in [2.75, 3.05) is 55.5 Å². The first-order valence-corrected chi connectivity index (χ1v) is 6.92. The third kappa shape index (κ3) is 21.2. The highest BCUT2D eigenvalue weighted by atomic mass is 16.1. The third-order valence-electron chi connectivity index (χ3n) is 2.01. The van der Waals surface area contributed by atoms with Crippen LogP contribution in [0.25, 0.3) is 0 Å². The Labute approximate surface area is 129 Å². The van der Waals surface area contributed by atoms with Crippen LogP contribution in [-0.2, 0) is 4.79 Å². The molecule has 0 amide bonds. The van der Waals surface area contributed by atoms with Crippen molar-refractivity contribution in [2.45, 2.75) is 18.9 Å². The molecule has 0 aliphatic carbocycles. The quantitative estimate of drug-likeness (QED) is 0.122. The number of hydrogen-bond acceptors (Lipinski definition) is 6. The average Bonchev–Trinajstić information content (AvgIpc) is 2.30. The molecular formula is C13H33N7O. The zero-order valence-electron chi connectivity index (χ0n) is 14.3. The van der Waals surface area contributed by atoms with E-state index in [4.69, 9.17) is 11.5 Å². The van der Waals surface area contributed by atoms with Crippen LogP contribution in [0.5, 0.6) is 0 Å². The molecule has 0 aliphatic rings. The Hall–Kier alpha value is -1.22. The molecule has 0 rings (SSSR count). The number of aldehydes is 1. The fraction of sp³-hybridized carbons (Fsp3) is 0.846. The van der Waals surface area contributed by atoms with Gasteiger partial charge in [-0.15, -0.1) is 0 Å². The van der Waals surface area contributed by atoms with Crippen LogP contribution < -0.4 is 16.9 Å². The van der Waals surface area contributed by atoms with Crippen molar-refractivity contribution in [1.29, 1.82) is 0 Å². The molecule has 0 saturated heterocycles. The van der Waals surface area contributed by atoms with Gasteiger partial charge in [0.2, 0.25) is 0 Å². The summed E-state index contributed by atoms with van der Waals surface area (Å²) in [7, 11) is 11.8. The van der Waals surface area contributed by atoms with E-state index in [9.17, 15) is 4.79 Å². The maximum atomic E-state index is 10.9. The minimum atomic E-state index is -0.200. The molecule has 8 nitrogen and oxygen atoms in total. The van der Waals surface area contributed by atoms with E-state index in [0.717, 1.165) is 19.4 Å². The smallest absolute Gasteiger partial charge is 0.185 e. The summed E-state index contributed by atoms with van der Waals surface area (Å²) in [5.74, 6) is 0.0883. The summed E-state index contributed by atoms with van der Waals surface area (Å²) >= 11 is 0. The number of nitrogens with one attached hydrogen (secondary N) is 1. The molecule has 5 N–H and O–H groups in total. The van der Waals surface area contributed by atoms with Gasteiger partial charge in [0.05, 0.1) is 12.7 Å². The molecule has 0 aliphatic heterocycles. The average molecular weight is 303 g/mol. The van der Waals surface area contributed by atoms with Crippen molar-refractivity contribution in [2.24, 2.45) is 16.5 Å². The van der Waals surface area contributed by atoms with Crippen molar-refractivity contribution in [3.63, 3.8) is 0 Å². The maximum Gasteiger partial charge on any atom is 0.185 e. The molecule has 126 valence electrons. The van der Waals surface area contributed by atoms with Crippen LogP contribution in [0.4, 0.5) is 0 Å². The minimum absolute atomic E-state index is 0.0883. The van der Waals surface area contributed by atoms with Gasteiger partial charge in [0, 0.05) is 13.6 Å². The Balaban J connectivity index is 0. The molecule has 1 atom stereocenters. The molecule has 0 aromatic carbocycles. The molecule has 0 unspecified atom stereocenters. The van der Waals surface area contributed by atoms with E-state index >= 15 is 0 Å². The highest BCUT2D eigenvalue weighted by Gasteiger charge is 2.09. The van der Waals surface area contributed by atoms with Gasteiger partial charge in [0.25, 0.3) is 0 Å². The number of rotatable bonds is 9. The van der Waals surface area contributed by atoms with Crippen LogP contribution in [0.3, 0.4) is 0 Å². The highest BCUT2D eigenvalue weighted by Crippen LogP contribution is 1.96. The van der Waals surface area contributed by atoms with Crippen LogP contribution >= 0.6 is 0 Å². The van der Waals surface area contributed by atoms with Crippen LogP contribution in [0, 0.1) is 0 Å². The van der Waals surface area contributed by atoms with Crippen LogP contribution in [0.1, 0.15) is 12.8 Å². The van der Waals surface area contributed by atoms with Gasteiger partial charge >= 0.3 is 0 Å². The Morgan fingerprint density at radius 3 is 2.10 bits per heavy atom. The molecule has 0 aromatic heterocycles. The van der Waals surface area contributed by atoms with E-state index in [1.54, 1.807) is 0 Å².